The number of carbonyl (C=O) groups is 1. The van der Waals surface area contributed by atoms with Gasteiger partial charge in [0.05, 0.1) is 12.5 Å². The normalized spacial score (nSPS) is 20.4. The molecule has 1 fully saturated rings. The summed E-state index contributed by atoms with van der Waals surface area (Å²) >= 11 is 0. The Bertz CT molecular complexity index is 1100. The number of furan rings is 1. The van der Waals surface area contributed by atoms with Crippen LogP contribution in [0.2, 0.25) is 0 Å². The van der Waals surface area contributed by atoms with E-state index >= 15 is 0 Å². The number of hydrogen-bond acceptors (Lipinski definition) is 6. The van der Waals surface area contributed by atoms with Gasteiger partial charge in [-0.2, -0.15) is 0 Å². The number of hydrogen-bond donors (Lipinski definition) is 0. The van der Waals surface area contributed by atoms with E-state index in [0.29, 0.717) is 0 Å². The van der Waals surface area contributed by atoms with Crippen molar-refractivity contribution >= 4 is 11.7 Å². The molecule has 33 heavy (non-hydrogen) atoms. The maximum Gasteiger partial charge on any atom is 0.302 e. The van der Waals surface area contributed by atoms with Gasteiger partial charge in [0.2, 0.25) is 0 Å². The van der Waals surface area contributed by atoms with Gasteiger partial charge in [0, 0.05) is 44.4 Å². The van der Waals surface area contributed by atoms with Crippen LogP contribution in [0.25, 0.3) is 0 Å². The number of fused-ring (bicyclic) bond motifs is 1. The van der Waals surface area contributed by atoms with Gasteiger partial charge in [0.25, 0.3) is 0 Å². The Morgan fingerprint density at radius 3 is 2.52 bits per heavy atom. The number of benzene rings is 2. The molecule has 1 saturated heterocycles. The van der Waals surface area contributed by atoms with Crippen LogP contribution < -0.4 is 9.64 Å². The molecule has 0 N–H and O–H groups in total. The largest absolute Gasteiger partial charge is 0.481 e. The van der Waals surface area contributed by atoms with Crippen molar-refractivity contribution in [3.8, 4) is 5.75 Å². The highest BCUT2D eigenvalue weighted by atomic mass is 16.5. The third kappa shape index (κ3) is 4.76. The molecule has 2 atom stereocenters. The van der Waals surface area contributed by atoms with E-state index in [1.807, 2.05) is 36.4 Å². The van der Waals surface area contributed by atoms with Gasteiger partial charge in [0.15, 0.2) is 6.10 Å². The summed E-state index contributed by atoms with van der Waals surface area (Å²) in [6, 6.07) is 20.7. The molecule has 2 aromatic carbocycles. The summed E-state index contributed by atoms with van der Waals surface area (Å²) in [4.78, 5) is 16.3. The van der Waals surface area contributed by atoms with Crippen molar-refractivity contribution in [3.63, 3.8) is 0 Å². The first-order chi connectivity index (χ1) is 16.1. The number of carbonyl (C=O) groups excluding carboxylic acids is 1. The minimum atomic E-state index is -0.297. The Hall–Kier alpha value is -3.25. The zero-order valence-corrected chi connectivity index (χ0v) is 19.2. The average molecular weight is 447 g/mol. The second-order valence-corrected chi connectivity index (χ2v) is 8.89. The number of rotatable bonds is 6. The fraction of sp³-hybridized carbons (Fsp3) is 0.370. The van der Waals surface area contributed by atoms with Crippen molar-refractivity contribution in [2.45, 2.75) is 32.4 Å². The predicted molar refractivity (Wildman–Crippen MR) is 127 cm³/mol. The zero-order chi connectivity index (χ0) is 22.8. The lowest BCUT2D eigenvalue weighted by Crippen LogP contribution is -2.45. The van der Waals surface area contributed by atoms with Gasteiger partial charge in [-0.1, -0.05) is 35.9 Å². The van der Waals surface area contributed by atoms with Crippen LogP contribution in [-0.4, -0.2) is 43.7 Å². The van der Waals surface area contributed by atoms with Crippen LogP contribution >= 0.6 is 0 Å². The lowest BCUT2D eigenvalue weighted by Gasteiger charge is -2.35. The van der Waals surface area contributed by atoms with E-state index in [0.717, 1.165) is 55.6 Å². The summed E-state index contributed by atoms with van der Waals surface area (Å²) < 4.78 is 17.8. The molecule has 172 valence electrons. The quantitative estimate of drug-likeness (QED) is 0.512. The SMILES string of the molecule is CC(=O)OCC1c2ccccc2OC1c1ccc(CN2CCN(c3ccc(C)cc3)CC2)o1. The predicted octanol–water partition coefficient (Wildman–Crippen LogP) is 4.69. The number of esters is 1. The Balaban J connectivity index is 1.22. The van der Waals surface area contributed by atoms with Gasteiger partial charge in [-0.3, -0.25) is 9.69 Å². The second kappa shape index (κ2) is 9.32. The van der Waals surface area contributed by atoms with Crippen molar-refractivity contribution in [1.29, 1.82) is 0 Å². The fourth-order valence-electron chi connectivity index (χ4n) is 4.69. The van der Waals surface area contributed by atoms with Crippen LogP contribution in [0.4, 0.5) is 5.69 Å². The average Bonchev–Trinajstić information content (AvgIpc) is 3.43. The highest BCUT2D eigenvalue weighted by Gasteiger charge is 2.38. The molecule has 0 radical (unpaired) electrons. The minimum absolute atomic E-state index is 0.0813. The first-order valence-corrected chi connectivity index (χ1v) is 11.6. The molecule has 0 spiro atoms. The van der Waals surface area contributed by atoms with Crippen molar-refractivity contribution in [2.24, 2.45) is 0 Å². The van der Waals surface area contributed by atoms with Gasteiger partial charge in [-0.05, 0) is 37.3 Å². The number of aryl methyl sites for hydroxylation is 1. The molecule has 1 aromatic heterocycles. The minimum Gasteiger partial charge on any atom is -0.481 e. The standard InChI is InChI=1S/C27H30N2O4/c1-19-7-9-21(10-8-19)29-15-13-28(14-16-29)17-22-11-12-26(32-22)27-24(18-31-20(2)30)23-5-3-4-6-25(23)33-27/h3-12,24,27H,13-18H2,1-2H3. The lowest BCUT2D eigenvalue weighted by atomic mass is 9.95. The van der Waals surface area contributed by atoms with Gasteiger partial charge >= 0.3 is 5.97 Å². The third-order valence-electron chi connectivity index (χ3n) is 6.52. The van der Waals surface area contributed by atoms with Crippen LogP contribution in [0.3, 0.4) is 0 Å². The number of ether oxygens (including phenoxy) is 2. The van der Waals surface area contributed by atoms with E-state index < -0.39 is 0 Å². The molecule has 2 aliphatic rings. The van der Waals surface area contributed by atoms with Crippen LogP contribution in [0.15, 0.2) is 65.1 Å². The monoisotopic (exact) mass is 446 g/mol. The molecule has 6 heteroatoms. The molecule has 6 nitrogen and oxygen atoms in total. The third-order valence-corrected chi connectivity index (χ3v) is 6.52. The van der Waals surface area contributed by atoms with Crippen molar-refractivity contribution in [2.75, 3.05) is 37.7 Å². The molecule has 0 bridgehead atoms. The first kappa shape index (κ1) is 21.6. The van der Waals surface area contributed by atoms with Crippen molar-refractivity contribution in [3.05, 3.63) is 83.3 Å². The van der Waals surface area contributed by atoms with Crippen LogP contribution in [0, 0.1) is 6.92 Å². The maximum absolute atomic E-state index is 11.4. The van der Waals surface area contributed by atoms with E-state index in [1.54, 1.807) is 0 Å². The molecule has 0 saturated carbocycles. The Labute approximate surface area is 194 Å². The Morgan fingerprint density at radius 2 is 1.76 bits per heavy atom. The molecule has 0 amide bonds. The molecule has 0 aliphatic carbocycles. The summed E-state index contributed by atoms with van der Waals surface area (Å²) in [6.45, 7) is 8.58. The molecule has 3 heterocycles. The molecule has 5 rings (SSSR count). The van der Waals surface area contributed by atoms with Gasteiger partial charge in [-0.15, -0.1) is 0 Å². The van der Waals surface area contributed by atoms with Gasteiger partial charge in [0.1, 0.15) is 23.9 Å². The van der Waals surface area contributed by atoms with E-state index in [4.69, 9.17) is 13.9 Å². The highest BCUT2D eigenvalue weighted by molar-refractivity contribution is 5.66. The second-order valence-electron chi connectivity index (χ2n) is 8.89. The zero-order valence-electron chi connectivity index (χ0n) is 19.2. The molecule has 2 aliphatic heterocycles. The Morgan fingerprint density at radius 1 is 1.00 bits per heavy atom. The molecular formula is C27H30N2O4. The topological polar surface area (TPSA) is 55.2 Å². The summed E-state index contributed by atoms with van der Waals surface area (Å²) in [5.41, 5.74) is 3.63. The summed E-state index contributed by atoms with van der Waals surface area (Å²) in [5, 5.41) is 0. The van der Waals surface area contributed by atoms with E-state index in [9.17, 15) is 4.79 Å². The molecule has 2 unspecified atom stereocenters. The first-order valence-electron chi connectivity index (χ1n) is 11.6. The number of piperazine rings is 1. The van der Waals surface area contributed by atoms with Crippen molar-refractivity contribution < 1.29 is 18.7 Å². The van der Waals surface area contributed by atoms with E-state index in [2.05, 4.69) is 41.0 Å². The summed E-state index contributed by atoms with van der Waals surface area (Å²) in [5.74, 6) is 2.16. The highest BCUT2D eigenvalue weighted by Crippen LogP contribution is 2.46. The summed E-state index contributed by atoms with van der Waals surface area (Å²) in [7, 11) is 0. The Kier molecular flexibility index (Phi) is 6.09. The number of nitrogens with zero attached hydrogens (tertiary/aromatic N) is 2. The molecule has 3 aromatic rings. The number of para-hydroxylation sites is 1. The van der Waals surface area contributed by atoms with Gasteiger partial charge < -0.3 is 18.8 Å². The van der Waals surface area contributed by atoms with Gasteiger partial charge in [-0.25, -0.2) is 0 Å². The van der Waals surface area contributed by atoms with E-state index in [1.165, 1.54) is 18.2 Å². The summed E-state index contributed by atoms with van der Waals surface area (Å²) in [6.07, 6.45) is -0.297. The van der Waals surface area contributed by atoms with Crippen LogP contribution in [0.5, 0.6) is 5.75 Å². The maximum atomic E-state index is 11.4. The molecular weight excluding hydrogens is 416 g/mol. The lowest BCUT2D eigenvalue weighted by molar-refractivity contribution is -0.142. The van der Waals surface area contributed by atoms with Crippen LogP contribution in [-0.2, 0) is 16.1 Å². The smallest absolute Gasteiger partial charge is 0.302 e. The number of anilines is 1. The van der Waals surface area contributed by atoms with E-state index in [-0.39, 0.29) is 24.6 Å². The van der Waals surface area contributed by atoms with Crippen LogP contribution in [0.1, 0.15) is 41.6 Å². The fourth-order valence-corrected chi connectivity index (χ4v) is 4.69. The van der Waals surface area contributed by atoms with Crippen molar-refractivity contribution in [1.82, 2.24) is 4.90 Å².